The third-order valence-corrected chi connectivity index (χ3v) is 4.36. The van der Waals surface area contributed by atoms with Gasteiger partial charge >= 0.3 is 6.03 Å². The minimum absolute atomic E-state index is 0.165. The molecule has 3 N–H and O–H groups in total. The van der Waals surface area contributed by atoms with Crippen molar-refractivity contribution in [1.82, 2.24) is 15.5 Å². The molecule has 3 amide bonds. The Hall–Kier alpha value is -3.46. The van der Waals surface area contributed by atoms with Crippen LogP contribution in [0.25, 0.3) is 0 Å². The zero-order chi connectivity index (χ0) is 19.1. The van der Waals surface area contributed by atoms with Gasteiger partial charge in [0.05, 0.1) is 13.7 Å². The molecule has 2 aromatic carbocycles. The van der Waals surface area contributed by atoms with Crippen molar-refractivity contribution in [2.24, 2.45) is 0 Å². The number of carbonyl (C=O) groups excluding carboxylic acids is 2. The molecule has 3 rings (SSSR count). The van der Waals surface area contributed by atoms with E-state index in [9.17, 15) is 9.59 Å². The van der Waals surface area contributed by atoms with Gasteiger partial charge in [0.15, 0.2) is 0 Å². The SMILES string of the molecule is COc1ccc(NC(=O)NCc2nnc(C(=O)Nc3ccccc3)s2)cc1. The molecule has 3 aromatic rings. The largest absolute Gasteiger partial charge is 0.497 e. The Bertz CT molecular complexity index is 912. The summed E-state index contributed by atoms with van der Waals surface area (Å²) in [5.74, 6) is 0.365. The summed E-state index contributed by atoms with van der Waals surface area (Å²) in [7, 11) is 1.57. The number of hydrogen-bond donors (Lipinski definition) is 3. The lowest BCUT2D eigenvalue weighted by atomic mass is 10.3. The van der Waals surface area contributed by atoms with Crippen LogP contribution in [0.5, 0.6) is 5.75 Å². The summed E-state index contributed by atoms with van der Waals surface area (Å²) in [6.07, 6.45) is 0. The van der Waals surface area contributed by atoms with E-state index in [2.05, 4.69) is 26.1 Å². The predicted molar refractivity (Wildman–Crippen MR) is 103 cm³/mol. The number of benzene rings is 2. The van der Waals surface area contributed by atoms with Crippen LogP contribution in [0.15, 0.2) is 54.6 Å². The van der Waals surface area contributed by atoms with Gasteiger partial charge in [-0.2, -0.15) is 0 Å². The first-order valence-corrected chi connectivity index (χ1v) is 8.83. The fraction of sp³-hybridized carbons (Fsp3) is 0.111. The Labute approximate surface area is 159 Å². The summed E-state index contributed by atoms with van der Waals surface area (Å²) in [6, 6.07) is 15.7. The van der Waals surface area contributed by atoms with Gasteiger partial charge in [-0.3, -0.25) is 4.79 Å². The van der Waals surface area contributed by atoms with Crippen molar-refractivity contribution in [3.8, 4) is 5.75 Å². The molecule has 0 spiro atoms. The average molecular weight is 383 g/mol. The quantitative estimate of drug-likeness (QED) is 0.606. The van der Waals surface area contributed by atoms with E-state index in [-0.39, 0.29) is 23.5 Å². The first-order valence-electron chi connectivity index (χ1n) is 8.02. The summed E-state index contributed by atoms with van der Waals surface area (Å²) >= 11 is 1.12. The summed E-state index contributed by atoms with van der Waals surface area (Å²) in [5.41, 5.74) is 1.31. The molecule has 0 saturated heterocycles. The van der Waals surface area contributed by atoms with E-state index >= 15 is 0 Å². The fourth-order valence-corrected chi connectivity index (χ4v) is 2.80. The van der Waals surface area contributed by atoms with Crippen molar-refractivity contribution in [3.63, 3.8) is 0 Å². The lowest BCUT2D eigenvalue weighted by Gasteiger charge is -2.06. The number of hydrogen-bond acceptors (Lipinski definition) is 6. The maximum Gasteiger partial charge on any atom is 0.319 e. The summed E-state index contributed by atoms with van der Waals surface area (Å²) in [6.45, 7) is 0.165. The van der Waals surface area contributed by atoms with Crippen molar-refractivity contribution in [2.75, 3.05) is 17.7 Å². The summed E-state index contributed by atoms with van der Waals surface area (Å²) in [4.78, 5) is 24.1. The van der Waals surface area contributed by atoms with Crippen molar-refractivity contribution in [3.05, 3.63) is 64.6 Å². The van der Waals surface area contributed by atoms with E-state index in [1.54, 1.807) is 43.5 Å². The second kappa shape index (κ2) is 8.77. The van der Waals surface area contributed by atoms with Crippen LogP contribution in [0.3, 0.4) is 0 Å². The summed E-state index contributed by atoms with van der Waals surface area (Å²) < 4.78 is 5.06. The van der Waals surface area contributed by atoms with Gasteiger partial charge in [0, 0.05) is 11.4 Å². The number of urea groups is 1. The van der Waals surface area contributed by atoms with Gasteiger partial charge in [-0.1, -0.05) is 29.5 Å². The lowest BCUT2D eigenvalue weighted by molar-refractivity contribution is 0.102. The maximum absolute atomic E-state index is 12.1. The standard InChI is InChI=1S/C18H17N5O3S/c1-26-14-9-7-13(8-10-14)21-18(25)19-11-15-22-23-17(27-15)16(24)20-12-5-3-2-4-6-12/h2-10H,11H2,1H3,(H,20,24)(H2,19,21,25). The van der Waals surface area contributed by atoms with Crippen LogP contribution >= 0.6 is 11.3 Å². The van der Waals surface area contributed by atoms with Crippen molar-refractivity contribution in [2.45, 2.75) is 6.54 Å². The first kappa shape index (κ1) is 18.3. The smallest absolute Gasteiger partial charge is 0.319 e. The van der Waals surface area contributed by atoms with E-state index in [1.807, 2.05) is 18.2 Å². The van der Waals surface area contributed by atoms with Crippen LogP contribution < -0.4 is 20.7 Å². The molecule has 138 valence electrons. The van der Waals surface area contributed by atoms with Crippen molar-refractivity contribution >= 4 is 34.6 Å². The van der Waals surface area contributed by atoms with E-state index in [1.165, 1.54) is 0 Å². The third kappa shape index (κ3) is 5.25. The number of anilines is 2. The molecule has 0 fully saturated rings. The van der Waals surface area contributed by atoms with Gasteiger partial charge in [-0.05, 0) is 36.4 Å². The maximum atomic E-state index is 12.1. The zero-order valence-electron chi connectivity index (χ0n) is 14.4. The fourth-order valence-electron chi connectivity index (χ4n) is 2.13. The molecule has 9 heteroatoms. The topological polar surface area (TPSA) is 105 Å². The normalized spacial score (nSPS) is 10.1. The third-order valence-electron chi connectivity index (χ3n) is 3.44. The van der Waals surface area contributed by atoms with E-state index < -0.39 is 0 Å². The number of aromatic nitrogens is 2. The van der Waals surface area contributed by atoms with Gasteiger partial charge in [0.1, 0.15) is 10.8 Å². The van der Waals surface area contributed by atoms with Crippen LogP contribution in [0.4, 0.5) is 16.2 Å². The first-order chi connectivity index (χ1) is 13.1. The van der Waals surface area contributed by atoms with Gasteiger partial charge in [0.25, 0.3) is 5.91 Å². The number of carbonyl (C=O) groups is 2. The number of ether oxygens (including phenoxy) is 1. The van der Waals surface area contributed by atoms with E-state index in [0.29, 0.717) is 22.1 Å². The van der Waals surface area contributed by atoms with Crippen LogP contribution in [-0.4, -0.2) is 29.2 Å². The highest BCUT2D eigenvalue weighted by Gasteiger charge is 2.13. The highest BCUT2D eigenvalue weighted by atomic mass is 32.1. The Morgan fingerprint density at radius 1 is 0.963 bits per heavy atom. The van der Waals surface area contributed by atoms with Crippen LogP contribution in [0.1, 0.15) is 14.8 Å². The molecule has 27 heavy (non-hydrogen) atoms. The zero-order valence-corrected chi connectivity index (χ0v) is 15.2. The number of methoxy groups -OCH3 is 1. The molecule has 0 aliphatic rings. The van der Waals surface area contributed by atoms with Gasteiger partial charge in [0.2, 0.25) is 5.01 Å². The van der Waals surface area contributed by atoms with E-state index in [4.69, 9.17) is 4.74 Å². The number of nitrogens with one attached hydrogen (secondary N) is 3. The van der Waals surface area contributed by atoms with Crippen molar-refractivity contribution in [1.29, 1.82) is 0 Å². The molecule has 0 saturated carbocycles. The summed E-state index contributed by atoms with van der Waals surface area (Å²) in [5, 5.41) is 16.7. The second-order valence-corrected chi connectivity index (χ2v) is 6.42. The number of para-hydroxylation sites is 1. The monoisotopic (exact) mass is 383 g/mol. The number of amides is 3. The molecule has 0 aliphatic carbocycles. The highest BCUT2D eigenvalue weighted by molar-refractivity contribution is 7.13. The molecular weight excluding hydrogens is 366 g/mol. The minimum atomic E-state index is -0.384. The van der Waals surface area contributed by atoms with Gasteiger partial charge in [-0.25, -0.2) is 4.79 Å². The average Bonchev–Trinajstić information content (AvgIpc) is 3.17. The van der Waals surface area contributed by atoms with Crippen LogP contribution in [0.2, 0.25) is 0 Å². The van der Waals surface area contributed by atoms with Gasteiger partial charge in [-0.15, -0.1) is 10.2 Å². The molecule has 1 aromatic heterocycles. The number of nitrogens with zero attached hydrogens (tertiary/aromatic N) is 2. The Morgan fingerprint density at radius 3 is 2.37 bits per heavy atom. The van der Waals surface area contributed by atoms with Crippen LogP contribution in [0, 0.1) is 0 Å². The molecule has 0 atom stereocenters. The van der Waals surface area contributed by atoms with Crippen molar-refractivity contribution < 1.29 is 14.3 Å². The Balaban J connectivity index is 1.49. The second-order valence-electron chi connectivity index (χ2n) is 5.36. The molecule has 8 nitrogen and oxygen atoms in total. The molecule has 0 aliphatic heterocycles. The van der Waals surface area contributed by atoms with Gasteiger partial charge < -0.3 is 20.7 Å². The Kier molecular flexibility index (Phi) is 5.95. The Morgan fingerprint density at radius 2 is 1.67 bits per heavy atom. The molecule has 0 radical (unpaired) electrons. The predicted octanol–water partition coefficient (Wildman–Crippen LogP) is 3.12. The van der Waals surface area contributed by atoms with E-state index in [0.717, 1.165) is 11.3 Å². The number of rotatable bonds is 6. The van der Waals surface area contributed by atoms with Crippen LogP contribution in [-0.2, 0) is 6.54 Å². The molecular formula is C18H17N5O3S. The lowest BCUT2D eigenvalue weighted by Crippen LogP contribution is -2.28. The molecule has 0 unspecified atom stereocenters. The highest BCUT2D eigenvalue weighted by Crippen LogP contribution is 2.15. The molecule has 0 bridgehead atoms. The molecule has 1 heterocycles. The minimum Gasteiger partial charge on any atom is -0.497 e.